The summed E-state index contributed by atoms with van der Waals surface area (Å²) in [5.74, 6) is 2.77. The van der Waals surface area contributed by atoms with Crippen LogP contribution in [0.5, 0.6) is 0 Å². The van der Waals surface area contributed by atoms with Crippen LogP contribution < -0.4 is 4.90 Å². The SMILES string of the molecule is CN(C)CC1[C@H]2CN(c3ccc(C(F)(F)F)cn3)C[C@@H]12. The molecule has 2 aliphatic rings. The topological polar surface area (TPSA) is 19.4 Å². The van der Waals surface area contributed by atoms with Gasteiger partial charge in [-0.1, -0.05) is 0 Å². The Morgan fingerprint density at radius 3 is 2.35 bits per heavy atom. The van der Waals surface area contributed by atoms with E-state index >= 15 is 0 Å². The third-order valence-corrected chi connectivity index (χ3v) is 4.35. The Morgan fingerprint density at radius 1 is 1.25 bits per heavy atom. The Balaban J connectivity index is 1.61. The van der Waals surface area contributed by atoms with Crippen LogP contribution in [0.15, 0.2) is 18.3 Å². The highest BCUT2D eigenvalue weighted by molar-refractivity contribution is 5.43. The zero-order valence-electron chi connectivity index (χ0n) is 11.6. The van der Waals surface area contributed by atoms with Crippen molar-refractivity contribution in [3.8, 4) is 0 Å². The van der Waals surface area contributed by atoms with E-state index in [1.54, 1.807) is 0 Å². The minimum absolute atomic E-state index is 0.661. The molecule has 1 unspecified atom stereocenters. The molecule has 0 amide bonds. The minimum Gasteiger partial charge on any atom is -0.356 e. The van der Waals surface area contributed by atoms with E-state index < -0.39 is 11.7 Å². The van der Waals surface area contributed by atoms with Gasteiger partial charge in [-0.25, -0.2) is 4.98 Å². The van der Waals surface area contributed by atoms with E-state index in [2.05, 4.69) is 28.9 Å². The second-order valence-electron chi connectivity index (χ2n) is 6.06. The van der Waals surface area contributed by atoms with Gasteiger partial charge in [0.05, 0.1) is 5.56 Å². The molecule has 1 aliphatic heterocycles. The fourth-order valence-corrected chi connectivity index (χ4v) is 3.27. The molecule has 2 heterocycles. The van der Waals surface area contributed by atoms with Crippen molar-refractivity contribution in [1.29, 1.82) is 0 Å². The predicted octanol–water partition coefficient (Wildman–Crippen LogP) is 2.34. The van der Waals surface area contributed by atoms with E-state index in [0.29, 0.717) is 17.7 Å². The van der Waals surface area contributed by atoms with Crippen LogP contribution in [-0.4, -0.2) is 43.6 Å². The van der Waals surface area contributed by atoms with Gasteiger partial charge < -0.3 is 9.80 Å². The number of rotatable bonds is 3. The van der Waals surface area contributed by atoms with Gasteiger partial charge in [-0.3, -0.25) is 0 Å². The Hall–Kier alpha value is -1.30. The summed E-state index contributed by atoms with van der Waals surface area (Å²) in [5.41, 5.74) is -0.684. The summed E-state index contributed by atoms with van der Waals surface area (Å²) in [6.45, 7) is 2.94. The molecular formula is C14H18F3N3. The van der Waals surface area contributed by atoms with Crippen molar-refractivity contribution < 1.29 is 13.2 Å². The van der Waals surface area contributed by atoms with E-state index in [9.17, 15) is 13.2 Å². The third-order valence-electron chi connectivity index (χ3n) is 4.35. The molecule has 3 atom stereocenters. The van der Waals surface area contributed by atoms with Crippen LogP contribution in [0.1, 0.15) is 5.56 Å². The van der Waals surface area contributed by atoms with Crippen LogP contribution in [0.3, 0.4) is 0 Å². The normalized spacial score (nSPS) is 28.9. The standard InChI is InChI=1S/C14H18F3N3/c1-19(2)6-10-11-7-20(8-12(10)11)13-4-3-9(5-18-13)14(15,16)17/h3-5,10-12H,6-8H2,1-2H3/t10?,11-,12+. The van der Waals surface area contributed by atoms with Crippen LogP contribution in [0, 0.1) is 17.8 Å². The second-order valence-corrected chi connectivity index (χ2v) is 6.06. The van der Waals surface area contributed by atoms with E-state index in [1.807, 2.05) is 0 Å². The molecule has 0 bridgehead atoms. The van der Waals surface area contributed by atoms with Crippen molar-refractivity contribution in [2.45, 2.75) is 6.18 Å². The van der Waals surface area contributed by atoms with E-state index in [0.717, 1.165) is 37.8 Å². The average Bonchev–Trinajstić information content (AvgIpc) is 2.83. The third kappa shape index (κ3) is 2.49. The summed E-state index contributed by atoms with van der Waals surface area (Å²) in [4.78, 5) is 8.26. The van der Waals surface area contributed by atoms with Crippen molar-refractivity contribution in [2.24, 2.45) is 17.8 Å². The molecule has 20 heavy (non-hydrogen) atoms. The van der Waals surface area contributed by atoms with Crippen molar-refractivity contribution in [3.63, 3.8) is 0 Å². The molecular weight excluding hydrogens is 267 g/mol. The van der Waals surface area contributed by atoms with Crippen LogP contribution in [-0.2, 0) is 6.18 Å². The van der Waals surface area contributed by atoms with Gasteiger partial charge in [0, 0.05) is 25.8 Å². The highest BCUT2D eigenvalue weighted by Crippen LogP contribution is 2.52. The van der Waals surface area contributed by atoms with Crippen molar-refractivity contribution in [1.82, 2.24) is 9.88 Å². The van der Waals surface area contributed by atoms with E-state index in [-0.39, 0.29) is 0 Å². The van der Waals surface area contributed by atoms with E-state index in [1.165, 1.54) is 6.07 Å². The first-order valence-electron chi connectivity index (χ1n) is 6.79. The molecule has 1 saturated carbocycles. The number of halogens is 3. The van der Waals surface area contributed by atoms with Gasteiger partial charge in [-0.05, 0) is 44.0 Å². The smallest absolute Gasteiger partial charge is 0.356 e. The number of hydrogen-bond acceptors (Lipinski definition) is 3. The molecule has 1 saturated heterocycles. The summed E-state index contributed by atoms with van der Waals surface area (Å²) in [5, 5.41) is 0. The second kappa shape index (κ2) is 4.62. The number of anilines is 1. The van der Waals surface area contributed by atoms with Crippen molar-refractivity contribution in [3.05, 3.63) is 23.9 Å². The van der Waals surface area contributed by atoms with Gasteiger partial charge >= 0.3 is 6.18 Å². The fourth-order valence-electron chi connectivity index (χ4n) is 3.27. The maximum Gasteiger partial charge on any atom is 0.417 e. The molecule has 1 aromatic rings. The van der Waals surface area contributed by atoms with Gasteiger partial charge in [-0.2, -0.15) is 13.2 Å². The van der Waals surface area contributed by atoms with Gasteiger partial charge in [0.15, 0.2) is 0 Å². The number of nitrogens with zero attached hydrogens (tertiary/aromatic N) is 3. The molecule has 0 radical (unpaired) electrons. The Morgan fingerprint density at radius 2 is 1.90 bits per heavy atom. The molecule has 0 spiro atoms. The van der Waals surface area contributed by atoms with Gasteiger partial charge in [-0.15, -0.1) is 0 Å². The largest absolute Gasteiger partial charge is 0.417 e. The fraction of sp³-hybridized carbons (Fsp3) is 0.643. The lowest BCUT2D eigenvalue weighted by Crippen LogP contribution is -2.28. The molecule has 110 valence electrons. The quantitative estimate of drug-likeness (QED) is 0.850. The van der Waals surface area contributed by atoms with E-state index in [4.69, 9.17) is 0 Å². The minimum atomic E-state index is -4.31. The summed E-state index contributed by atoms with van der Waals surface area (Å²) in [7, 11) is 4.15. The number of aromatic nitrogens is 1. The Bertz CT molecular complexity index is 471. The Kier molecular flexibility index (Phi) is 3.16. The summed E-state index contributed by atoms with van der Waals surface area (Å²) >= 11 is 0. The maximum absolute atomic E-state index is 12.5. The van der Waals surface area contributed by atoms with Crippen LogP contribution in [0.2, 0.25) is 0 Å². The lowest BCUT2D eigenvalue weighted by molar-refractivity contribution is -0.137. The molecule has 0 aromatic carbocycles. The Labute approximate surface area is 116 Å². The highest BCUT2D eigenvalue weighted by Gasteiger charge is 2.55. The summed E-state index contributed by atoms with van der Waals surface area (Å²) in [6.07, 6.45) is -3.38. The molecule has 1 aliphatic carbocycles. The molecule has 1 aromatic heterocycles. The molecule has 3 nitrogen and oxygen atoms in total. The van der Waals surface area contributed by atoms with Crippen molar-refractivity contribution >= 4 is 5.82 Å². The first kappa shape index (κ1) is 13.7. The molecule has 2 fully saturated rings. The van der Waals surface area contributed by atoms with Gasteiger partial charge in [0.1, 0.15) is 5.82 Å². The molecule has 6 heteroatoms. The monoisotopic (exact) mass is 285 g/mol. The van der Waals surface area contributed by atoms with Gasteiger partial charge in [0.2, 0.25) is 0 Å². The maximum atomic E-state index is 12.5. The zero-order chi connectivity index (χ0) is 14.5. The van der Waals surface area contributed by atoms with Crippen molar-refractivity contribution in [2.75, 3.05) is 38.6 Å². The summed E-state index contributed by atoms with van der Waals surface area (Å²) < 4.78 is 37.4. The number of hydrogen-bond donors (Lipinski definition) is 0. The van der Waals surface area contributed by atoms with Crippen LogP contribution in [0.4, 0.5) is 19.0 Å². The number of fused-ring (bicyclic) bond motifs is 1. The lowest BCUT2D eigenvalue weighted by atomic mass is 10.2. The number of pyridine rings is 1. The highest BCUT2D eigenvalue weighted by atomic mass is 19.4. The van der Waals surface area contributed by atoms with Crippen LogP contribution in [0.25, 0.3) is 0 Å². The lowest BCUT2D eigenvalue weighted by Gasteiger charge is -2.22. The number of alkyl halides is 3. The van der Waals surface area contributed by atoms with Crippen LogP contribution >= 0.6 is 0 Å². The average molecular weight is 285 g/mol. The first-order chi connectivity index (χ1) is 9.36. The zero-order valence-corrected chi connectivity index (χ0v) is 11.6. The first-order valence-corrected chi connectivity index (χ1v) is 6.79. The molecule has 3 rings (SSSR count). The number of piperidine rings is 1. The summed E-state index contributed by atoms with van der Waals surface area (Å²) in [6, 6.07) is 2.60. The predicted molar refractivity (Wildman–Crippen MR) is 70.5 cm³/mol. The van der Waals surface area contributed by atoms with Gasteiger partial charge in [0.25, 0.3) is 0 Å². The molecule has 0 N–H and O–H groups in total.